The molecule has 0 radical (unpaired) electrons. The van der Waals surface area contributed by atoms with Gasteiger partial charge >= 0.3 is 0 Å². The zero-order chi connectivity index (χ0) is 12.1. The second-order valence-corrected chi connectivity index (χ2v) is 4.74. The van der Waals surface area contributed by atoms with E-state index in [2.05, 4.69) is 4.90 Å². The lowest BCUT2D eigenvalue weighted by molar-refractivity contribution is -0.163. The summed E-state index contributed by atoms with van der Waals surface area (Å²) in [6.07, 6.45) is 4.14. The first-order chi connectivity index (χ1) is 8.35. The molecule has 2 atom stereocenters. The van der Waals surface area contributed by atoms with Gasteiger partial charge in [0.2, 0.25) is 0 Å². The van der Waals surface area contributed by atoms with Gasteiger partial charge < -0.3 is 14.2 Å². The van der Waals surface area contributed by atoms with Crippen molar-refractivity contribution >= 4 is 0 Å². The molecule has 2 aliphatic rings. The van der Waals surface area contributed by atoms with Crippen LogP contribution in [0.15, 0.2) is 0 Å². The third kappa shape index (κ3) is 3.41. The predicted octanol–water partition coefficient (Wildman–Crippen LogP) is 1.64. The monoisotopic (exact) mass is 243 g/mol. The summed E-state index contributed by atoms with van der Waals surface area (Å²) in [7, 11) is 0. The lowest BCUT2D eigenvalue weighted by Gasteiger charge is -2.39. The van der Waals surface area contributed by atoms with Gasteiger partial charge in [0, 0.05) is 32.3 Å². The lowest BCUT2D eigenvalue weighted by Crippen LogP contribution is -2.51. The van der Waals surface area contributed by atoms with Crippen LogP contribution in [-0.2, 0) is 14.2 Å². The molecular formula is C13H25NO3. The Hall–Kier alpha value is -0.160. The third-order valence-electron chi connectivity index (χ3n) is 3.69. The first-order valence-electron chi connectivity index (χ1n) is 6.94. The van der Waals surface area contributed by atoms with Crippen molar-refractivity contribution in [1.29, 1.82) is 0 Å². The zero-order valence-electron chi connectivity index (χ0n) is 11.1. The van der Waals surface area contributed by atoms with Gasteiger partial charge in [-0.3, -0.25) is 4.90 Å². The molecule has 0 aromatic heterocycles. The van der Waals surface area contributed by atoms with Crippen LogP contribution in [0.25, 0.3) is 0 Å². The summed E-state index contributed by atoms with van der Waals surface area (Å²) in [6.45, 7) is 8.20. The molecule has 1 saturated carbocycles. The second kappa shape index (κ2) is 6.69. The van der Waals surface area contributed by atoms with E-state index in [1.165, 1.54) is 19.3 Å². The minimum absolute atomic E-state index is 0.0793. The number of fused-ring (bicyclic) bond motifs is 1. The highest BCUT2D eigenvalue weighted by molar-refractivity contribution is 4.89. The normalized spacial score (nSPS) is 29.8. The average molecular weight is 243 g/mol. The smallest absolute Gasteiger partial charge is 0.170 e. The Morgan fingerprint density at radius 3 is 2.71 bits per heavy atom. The fourth-order valence-electron chi connectivity index (χ4n) is 2.95. The van der Waals surface area contributed by atoms with Crippen molar-refractivity contribution in [2.24, 2.45) is 0 Å². The van der Waals surface area contributed by atoms with Gasteiger partial charge in [0.25, 0.3) is 0 Å². The molecule has 0 spiro atoms. The molecule has 4 nitrogen and oxygen atoms in total. The van der Waals surface area contributed by atoms with Crippen LogP contribution in [0.5, 0.6) is 0 Å². The van der Waals surface area contributed by atoms with Gasteiger partial charge in [-0.2, -0.15) is 0 Å². The Labute approximate surface area is 104 Å². The first-order valence-corrected chi connectivity index (χ1v) is 6.94. The Bertz CT molecular complexity index is 219. The molecule has 2 rings (SSSR count). The number of nitrogens with zero attached hydrogens (tertiary/aromatic N) is 1. The summed E-state index contributed by atoms with van der Waals surface area (Å²) >= 11 is 0. The maximum atomic E-state index is 5.81. The maximum absolute atomic E-state index is 5.81. The van der Waals surface area contributed by atoms with Crippen molar-refractivity contribution in [3.05, 3.63) is 0 Å². The summed E-state index contributed by atoms with van der Waals surface area (Å²) in [5.41, 5.74) is 0. The molecular weight excluding hydrogens is 218 g/mol. The van der Waals surface area contributed by atoms with E-state index in [1.807, 2.05) is 13.8 Å². The summed E-state index contributed by atoms with van der Waals surface area (Å²) in [6, 6.07) is 0.590. The van der Waals surface area contributed by atoms with E-state index in [4.69, 9.17) is 14.2 Å². The largest absolute Gasteiger partial charge is 0.375 e. The minimum Gasteiger partial charge on any atom is -0.375 e. The molecule has 1 aliphatic heterocycles. The van der Waals surface area contributed by atoms with E-state index in [0.29, 0.717) is 25.4 Å². The lowest BCUT2D eigenvalue weighted by atomic mass is 10.1. The van der Waals surface area contributed by atoms with Crippen LogP contribution in [0.4, 0.5) is 0 Å². The molecule has 100 valence electrons. The average Bonchev–Trinajstić information content (AvgIpc) is 2.79. The SMILES string of the molecule is CCOC(CN1CCOC2CCCC21)OCC. The van der Waals surface area contributed by atoms with Gasteiger partial charge in [-0.05, 0) is 33.1 Å². The fourth-order valence-corrected chi connectivity index (χ4v) is 2.95. The summed E-state index contributed by atoms with van der Waals surface area (Å²) in [5, 5.41) is 0. The molecule has 1 heterocycles. The summed E-state index contributed by atoms with van der Waals surface area (Å²) in [4.78, 5) is 2.50. The molecule has 2 unspecified atom stereocenters. The number of hydrogen-bond donors (Lipinski definition) is 0. The van der Waals surface area contributed by atoms with Crippen LogP contribution in [-0.4, -0.2) is 56.2 Å². The van der Waals surface area contributed by atoms with Gasteiger partial charge in [-0.25, -0.2) is 0 Å². The van der Waals surface area contributed by atoms with E-state index >= 15 is 0 Å². The Morgan fingerprint density at radius 2 is 2.00 bits per heavy atom. The first kappa shape index (κ1) is 13.3. The van der Waals surface area contributed by atoms with Crippen molar-refractivity contribution in [3.63, 3.8) is 0 Å². The molecule has 1 aliphatic carbocycles. The quantitative estimate of drug-likeness (QED) is 0.664. The van der Waals surface area contributed by atoms with Crippen molar-refractivity contribution in [2.75, 3.05) is 32.9 Å². The highest BCUT2D eigenvalue weighted by atomic mass is 16.7. The molecule has 0 N–H and O–H groups in total. The molecule has 2 fully saturated rings. The van der Waals surface area contributed by atoms with Crippen molar-refractivity contribution < 1.29 is 14.2 Å². The van der Waals surface area contributed by atoms with Crippen LogP contribution >= 0.6 is 0 Å². The van der Waals surface area contributed by atoms with E-state index in [-0.39, 0.29) is 6.29 Å². The van der Waals surface area contributed by atoms with Gasteiger partial charge in [-0.15, -0.1) is 0 Å². The topological polar surface area (TPSA) is 30.9 Å². The van der Waals surface area contributed by atoms with E-state index in [1.54, 1.807) is 0 Å². The molecule has 4 heteroatoms. The number of hydrogen-bond acceptors (Lipinski definition) is 4. The number of morpholine rings is 1. The maximum Gasteiger partial charge on any atom is 0.170 e. The van der Waals surface area contributed by atoms with Gasteiger partial charge in [0.05, 0.1) is 12.7 Å². The van der Waals surface area contributed by atoms with Crippen molar-refractivity contribution in [3.8, 4) is 0 Å². The molecule has 0 aromatic carbocycles. The molecule has 0 aromatic rings. The number of ether oxygens (including phenoxy) is 3. The summed E-state index contributed by atoms with van der Waals surface area (Å²) < 4.78 is 17.1. The molecule has 0 amide bonds. The van der Waals surface area contributed by atoms with Gasteiger partial charge in [0.1, 0.15) is 0 Å². The predicted molar refractivity (Wildman–Crippen MR) is 66.0 cm³/mol. The van der Waals surface area contributed by atoms with Crippen LogP contribution in [0.2, 0.25) is 0 Å². The molecule has 1 saturated heterocycles. The second-order valence-electron chi connectivity index (χ2n) is 4.74. The van der Waals surface area contributed by atoms with E-state index in [0.717, 1.165) is 19.7 Å². The number of rotatable bonds is 6. The summed E-state index contributed by atoms with van der Waals surface area (Å²) in [5.74, 6) is 0. The van der Waals surface area contributed by atoms with E-state index < -0.39 is 0 Å². The van der Waals surface area contributed by atoms with Gasteiger partial charge in [0.15, 0.2) is 6.29 Å². The molecule has 17 heavy (non-hydrogen) atoms. The fraction of sp³-hybridized carbons (Fsp3) is 1.00. The van der Waals surface area contributed by atoms with E-state index in [9.17, 15) is 0 Å². The third-order valence-corrected chi connectivity index (χ3v) is 3.69. The van der Waals surface area contributed by atoms with Gasteiger partial charge in [-0.1, -0.05) is 0 Å². The Balaban J connectivity index is 1.86. The van der Waals surface area contributed by atoms with Crippen LogP contribution < -0.4 is 0 Å². The van der Waals surface area contributed by atoms with Crippen LogP contribution in [0.1, 0.15) is 33.1 Å². The highest BCUT2D eigenvalue weighted by Gasteiger charge is 2.36. The minimum atomic E-state index is -0.0793. The standard InChI is InChI=1S/C13H25NO3/c1-3-15-13(16-4-2)10-14-8-9-17-12-7-5-6-11(12)14/h11-13H,3-10H2,1-2H3. The Kier molecular flexibility index (Phi) is 5.22. The Morgan fingerprint density at radius 1 is 1.24 bits per heavy atom. The van der Waals surface area contributed by atoms with Crippen LogP contribution in [0, 0.1) is 0 Å². The van der Waals surface area contributed by atoms with Crippen LogP contribution in [0.3, 0.4) is 0 Å². The molecule has 0 bridgehead atoms. The zero-order valence-corrected chi connectivity index (χ0v) is 11.1. The van der Waals surface area contributed by atoms with Crippen molar-refractivity contribution in [2.45, 2.75) is 51.5 Å². The highest BCUT2D eigenvalue weighted by Crippen LogP contribution is 2.29. The van der Waals surface area contributed by atoms with Crippen molar-refractivity contribution in [1.82, 2.24) is 4.90 Å².